The first-order valence-electron chi connectivity index (χ1n) is 10.4. The zero-order valence-corrected chi connectivity index (χ0v) is 18.5. The predicted octanol–water partition coefficient (Wildman–Crippen LogP) is 5.96. The van der Waals surface area contributed by atoms with E-state index in [9.17, 15) is 10.2 Å². The van der Waals surface area contributed by atoms with Gasteiger partial charge in [-0.3, -0.25) is 5.10 Å². The highest BCUT2D eigenvalue weighted by atomic mass is 16.5. The van der Waals surface area contributed by atoms with Gasteiger partial charge in [0.2, 0.25) is 0 Å². The second kappa shape index (κ2) is 8.67. The van der Waals surface area contributed by atoms with Gasteiger partial charge in [-0.1, -0.05) is 26.0 Å². The molecule has 0 bridgehead atoms. The van der Waals surface area contributed by atoms with Gasteiger partial charge in [0.05, 0.1) is 19.9 Å². The van der Waals surface area contributed by atoms with Gasteiger partial charge in [-0.2, -0.15) is 5.10 Å². The Morgan fingerprint density at radius 1 is 0.781 bits per heavy atom. The van der Waals surface area contributed by atoms with Crippen LogP contribution in [0.5, 0.6) is 23.0 Å². The van der Waals surface area contributed by atoms with Gasteiger partial charge in [0.15, 0.2) is 0 Å². The molecule has 3 aromatic carbocycles. The first-order valence-corrected chi connectivity index (χ1v) is 10.4. The van der Waals surface area contributed by atoms with Gasteiger partial charge in [-0.05, 0) is 59.5 Å². The SMILES string of the molecule is COc1ccc(-c2[nH]nc(-c3cc(C(C)C)c(O)cc3O)c2-c2ccc(OC)cc2)cc1. The highest BCUT2D eigenvalue weighted by Crippen LogP contribution is 2.44. The number of aromatic nitrogens is 2. The fourth-order valence-electron chi connectivity index (χ4n) is 3.79. The lowest BCUT2D eigenvalue weighted by atomic mass is 9.92. The van der Waals surface area contributed by atoms with Gasteiger partial charge >= 0.3 is 0 Å². The summed E-state index contributed by atoms with van der Waals surface area (Å²) in [6, 6.07) is 18.6. The lowest BCUT2D eigenvalue weighted by Crippen LogP contribution is -1.92. The number of ether oxygens (including phenoxy) is 2. The number of nitrogens with one attached hydrogen (secondary N) is 1. The summed E-state index contributed by atoms with van der Waals surface area (Å²) in [5.41, 5.74) is 5.39. The minimum Gasteiger partial charge on any atom is -0.508 e. The van der Waals surface area contributed by atoms with Crippen molar-refractivity contribution in [3.05, 3.63) is 66.2 Å². The maximum absolute atomic E-state index is 10.7. The lowest BCUT2D eigenvalue weighted by molar-refractivity contribution is 0.414. The van der Waals surface area contributed by atoms with Crippen LogP contribution in [-0.2, 0) is 0 Å². The molecule has 0 saturated heterocycles. The van der Waals surface area contributed by atoms with Gasteiger partial charge in [-0.25, -0.2) is 0 Å². The minimum atomic E-state index is -0.0329. The molecule has 6 nitrogen and oxygen atoms in total. The maximum Gasteiger partial charge on any atom is 0.128 e. The molecule has 0 fully saturated rings. The third kappa shape index (κ3) is 3.87. The van der Waals surface area contributed by atoms with Crippen molar-refractivity contribution < 1.29 is 19.7 Å². The summed E-state index contributed by atoms with van der Waals surface area (Å²) in [5.74, 6) is 1.63. The molecule has 6 heteroatoms. The van der Waals surface area contributed by atoms with E-state index >= 15 is 0 Å². The monoisotopic (exact) mass is 430 g/mol. The number of aromatic hydroxyl groups is 2. The molecule has 4 rings (SSSR count). The summed E-state index contributed by atoms with van der Waals surface area (Å²) >= 11 is 0. The van der Waals surface area contributed by atoms with Crippen molar-refractivity contribution in [2.45, 2.75) is 19.8 Å². The number of aromatic amines is 1. The number of benzene rings is 3. The largest absolute Gasteiger partial charge is 0.508 e. The van der Waals surface area contributed by atoms with E-state index in [1.54, 1.807) is 20.3 Å². The summed E-state index contributed by atoms with van der Waals surface area (Å²) in [6.45, 7) is 3.99. The first-order chi connectivity index (χ1) is 15.4. The highest BCUT2D eigenvalue weighted by Gasteiger charge is 2.22. The Morgan fingerprint density at radius 3 is 1.88 bits per heavy atom. The predicted molar refractivity (Wildman–Crippen MR) is 125 cm³/mol. The van der Waals surface area contributed by atoms with Crippen LogP contribution in [0.25, 0.3) is 33.6 Å². The van der Waals surface area contributed by atoms with Crippen LogP contribution < -0.4 is 9.47 Å². The summed E-state index contributed by atoms with van der Waals surface area (Å²) < 4.78 is 10.6. The normalized spacial score (nSPS) is 11.0. The average molecular weight is 431 g/mol. The molecular weight excluding hydrogens is 404 g/mol. The molecule has 0 aliphatic carbocycles. The number of hydrogen-bond acceptors (Lipinski definition) is 5. The molecule has 32 heavy (non-hydrogen) atoms. The molecule has 0 saturated carbocycles. The van der Waals surface area contributed by atoms with Crippen molar-refractivity contribution in [2.75, 3.05) is 14.2 Å². The smallest absolute Gasteiger partial charge is 0.128 e. The Labute approximate surface area is 187 Å². The Balaban J connectivity index is 1.95. The Kier molecular flexibility index (Phi) is 5.77. The standard InChI is InChI=1S/C26H26N2O4/c1-15(2)20-13-21(23(30)14-22(20)29)26-24(16-5-9-18(31-3)10-6-16)25(27-28-26)17-7-11-19(32-4)12-8-17/h5-15,29-30H,1-4H3,(H,27,28). The molecule has 0 aliphatic heterocycles. The Morgan fingerprint density at radius 2 is 1.34 bits per heavy atom. The highest BCUT2D eigenvalue weighted by molar-refractivity contribution is 5.93. The number of rotatable bonds is 6. The van der Waals surface area contributed by atoms with Gasteiger partial charge in [0.1, 0.15) is 28.7 Å². The molecule has 0 aliphatic rings. The quantitative estimate of drug-likeness (QED) is 0.351. The van der Waals surface area contributed by atoms with Gasteiger partial charge in [0, 0.05) is 22.8 Å². The molecule has 164 valence electrons. The van der Waals surface area contributed by atoms with Gasteiger partial charge in [0.25, 0.3) is 0 Å². The fraction of sp³-hybridized carbons (Fsp3) is 0.192. The van der Waals surface area contributed by atoms with E-state index in [1.165, 1.54) is 6.07 Å². The van der Waals surface area contributed by atoms with Crippen LogP contribution in [0.1, 0.15) is 25.3 Å². The minimum absolute atomic E-state index is 0.0329. The lowest BCUT2D eigenvalue weighted by Gasteiger charge is -2.13. The van der Waals surface area contributed by atoms with Crippen LogP contribution in [0, 0.1) is 0 Å². The molecule has 1 heterocycles. The van der Waals surface area contributed by atoms with E-state index in [-0.39, 0.29) is 17.4 Å². The first kappa shape index (κ1) is 21.3. The molecule has 0 atom stereocenters. The van der Waals surface area contributed by atoms with Crippen molar-refractivity contribution in [1.29, 1.82) is 0 Å². The molecule has 0 radical (unpaired) electrons. The summed E-state index contributed by atoms with van der Waals surface area (Å²) in [7, 11) is 3.26. The second-order valence-corrected chi connectivity index (χ2v) is 7.86. The van der Waals surface area contributed by atoms with Gasteiger partial charge in [-0.15, -0.1) is 0 Å². The van der Waals surface area contributed by atoms with E-state index in [0.717, 1.165) is 39.4 Å². The molecule has 0 amide bonds. The van der Waals surface area contributed by atoms with Crippen LogP contribution in [0.15, 0.2) is 60.7 Å². The summed E-state index contributed by atoms with van der Waals surface area (Å²) in [6.07, 6.45) is 0. The maximum atomic E-state index is 10.7. The number of hydrogen-bond donors (Lipinski definition) is 3. The van der Waals surface area contributed by atoms with E-state index in [0.29, 0.717) is 11.3 Å². The number of nitrogens with zero attached hydrogens (tertiary/aromatic N) is 1. The van der Waals surface area contributed by atoms with Gasteiger partial charge < -0.3 is 19.7 Å². The molecule has 0 spiro atoms. The van der Waals surface area contributed by atoms with Crippen molar-refractivity contribution in [3.8, 4) is 56.6 Å². The van der Waals surface area contributed by atoms with Crippen molar-refractivity contribution in [2.24, 2.45) is 0 Å². The van der Waals surface area contributed by atoms with Crippen LogP contribution >= 0.6 is 0 Å². The van der Waals surface area contributed by atoms with Crippen LogP contribution in [0.4, 0.5) is 0 Å². The van der Waals surface area contributed by atoms with Crippen molar-refractivity contribution in [3.63, 3.8) is 0 Å². The molecule has 0 unspecified atom stereocenters. The van der Waals surface area contributed by atoms with Crippen molar-refractivity contribution >= 4 is 0 Å². The summed E-state index contributed by atoms with van der Waals surface area (Å²) in [5, 5.41) is 28.7. The fourth-order valence-corrected chi connectivity index (χ4v) is 3.79. The average Bonchev–Trinajstić information content (AvgIpc) is 3.23. The molecule has 3 N–H and O–H groups in total. The van der Waals surface area contributed by atoms with E-state index in [4.69, 9.17) is 9.47 Å². The van der Waals surface area contributed by atoms with E-state index < -0.39 is 0 Å². The van der Waals surface area contributed by atoms with E-state index in [1.807, 2.05) is 62.4 Å². The third-order valence-corrected chi connectivity index (χ3v) is 5.55. The number of phenols is 2. The Bertz CT molecular complexity index is 1230. The zero-order chi connectivity index (χ0) is 22.8. The molecule has 4 aromatic rings. The third-order valence-electron chi connectivity index (χ3n) is 5.55. The topological polar surface area (TPSA) is 87.6 Å². The van der Waals surface area contributed by atoms with E-state index in [2.05, 4.69) is 10.2 Å². The summed E-state index contributed by atoms with van der Waals surface area (Å²) in [4.78, 5) is 0. The number of H-pyrrole nitrogens is 1. The second-order valence-electron chi connectivity index (χ2n) is 7.86. The Hall–Kier alpha value is -3.93. The molecule has 1 aromatic heterocycles. The molecular formula is C26H26N2O4. The van der Waals surface area contributed by atoms with Crippen LogP contribution in [0.3, 0.4) is 0 Å². The number of methoxy groups -OCH3 is 2. The number of phenolic OH excluding ortho intramolecular Hbond substituents is 2. The van der Waals surface area contributed by atoms with Crippen LogP contribution in [0.2, 0.25) is 0 Å². The van der Waals surface area contributed by atoms with Crippen LogP contribution in [-0.4, -0.2) is 34.6 Å². The zero-order valence-electron chi connectivity index (χ0n) is 18.5. The van der Waals surface area contributed by atoms with Crippen molar-refractivity contribution in [1.82, 2.24) is 10.2 Å².